The van der Waals surface area contributed by atoms with E-state index in [1.807, 2.05) is 13.0 Å². The molecule has 1 rings (SSSR count). The third kappa shape index (κ3) is 10.0. The lowest BCUT2D eigenvalue weighted by atomic mass is 9.96. The van der Waals surface area contributed by atoms with E-state index in [0.29, 0.717) is 18.4 Å². The van der Waals surface area contributed by atoms with Gasteiger partial charge in [0.1, 0.15) is 11.6 Å². The number of rotatable bonds is 15. The Morgan fingerprint density at radius 3 is 2.36 bits per heavy atom. The molecule has 0 amide bonds. The molecule has 4 heteroatoms. The van der Waals surface area contributed by atoms with Crippen LogP contribution in [0.25, 0.3) is 6.08 Å². The fourth-order valence-corrected chi connectivity index (χ4v) is 3.95. The van der Waals surface area contributed by atoms with Crippen molar-refractivity contribution >= 4 is 17.7 Å². The summed E-state index contributed by atoms with van der Waals surface area (Å²) in [5.74, 6) is 0.815. The number of nitriles is 1. The van der Waals surface area contributed by atoms with E-state index in [9.17, 15) is 10.1 Å². The molecule has 0 aliphatic heterocycles. The van der Waals surface area contributed by atoms with Crippen LogP contribution in [0.3, 0.4) is 0 Å². The van der Waals surface area contributed by atoms with Crippen molar-refractivity contribution in [1.82, 2.24) is 0 Å². The summed E-state index contributed by atoms with van der Waals surface area (Å²) < 4.78 is 5.24. The van der Waals surface area contributed by atoms with Gasteiger partial charge in [-0.2, -0.15) is 5.26 Å². The zero-order valence-electron chi connectivity index (χ0n) is 22.2. The highest BCUT2D eigenvalue weighted by molar-refractivity contribution is 5.98. The Hall–Kier alpha value is -2.28. The molecule has 0 saturated carbocycles. The second-order valence-electron chi connectivity index (χ2n) is 9.70. The first-order chi connectivity index (χ1) is 15.8. The Morgan fingerprint density at radius 1 is 1.09 bits per heavy atom. The predicted molar refractivity (Wildman–Crippen MR) is 140 cm³/mol. The number of anilines is 1. The molecule has 0 aliphatic carbocycles. The van der Waals surface area contributed by atoms with Gasteiger partial charge in [-0.3, -0.25) is 0 Å². The second-order valence-corrected chi connectivity index (χ2v) is 9.70. The number of hydrogen-bond acceptors (Lipinski definition) is 4. The minimum Gasteiger partial charge on any atom is -0.462 e. The van der Waals surface area contributed by atoms with Crippen LogP contribution in [0.5, 0.6) is 0 Å². The summed E-state index contributed by atoms with van der Waals surface area (Å²) in [7, 11) is 0. The highest BCUT2D eigenvalue weighted by atomic mass is 16.5. The third-order valence-electron chi connectivity index (χ3n) is 6.29. The SMILES string of the molecule is CCCCOC(=O)C(C#N)=Cc1cc(C)c(N(CCC(C)C)CC(CC)CCCC)cc1C. The van der Waals surface area contributed by atoms with E-state index < -0.39 is 5.97 Å². The zero-order chi connectivity index (χ0) is 24.8. The maximum absolute atomic E-state index is 12.3. The van der Waals surface area contributed by atoms with Crippen LogP contribution in [0.15, 0.2) is 17.7 Å². The molecule has 1 unspecified atom stereocenters. The van der Waals surface area contributed by atoms with E-state index in [1.165, 1.54) is 36.9 Å². The summed E-state index contributed by atoms with van der Waals surface area (Å²) in [5.41, 5.74) is 4.48. The standard InChI is InChI=1S/C29H46N2O2/c1-8-11-13-25(10-3)21-31(15-14-22(4)5)28-18-23(6)26(17-24(28)7)19-27(20-30)29(32)33-16-12-9-2/h17-19,22,25H,8-16,21H2,1-7H3. The van der Waals surface area contributed by atoms with Crippen LogP contribution in [-0.2, 0) is 9.53 Å². The molecule has 1 aromatic carbocycles. The number of aryl methyl sites for hydroxylation is 2. The molecule has 33 heavy (non-hydrogen) atoms. The van der Waals surface area contributed by atoms with Crippen LogP contribution in [-0.4, -0.2) is 25.7 Å². The molecule has 0 N–H and O–H groups in total. The molecule has 4 nitrogen and oxygen atoms in total. The molecule has 0 fully saturated rings. The van der Waals surface area contributed by atoms with Crippen LogP contribution in [0.2, 0.25) is 0 Å². The van der Waals surface area contributed by atoms with Crippen molar-refractivity contribution in [1.29, 1.82) is 5.26 Å². The van der Waals surface area contributed by atoms with Crippen LogP contribution in [0, 0.1) is 37.0 Å². The Balaban J connectivity index is 3.21. The maximum Gasteiger partial charge on any atom is 0.348 e. The van der Waals surface area contributed by atoms with E-state index in [1.54, 1.807) is 6.08 Å². The van der Waals surface area contributed by atoms with E-state index in [2.05, 4.69) is 58.6 Å². The topological polar surface area (TPSA) is 53.3 Å². The molecule has 0 bridgehead atoms. The van der Waals surface area contributed by atoms with Crippen molar-refractivity contribution in [3.05, 3.63) is 34.4 Å². The van der Waals surface area contributed by atoms with Gasteiger partial charge in [0.2, 0.25) is 0 Å². The van der Waals surface area contributed by atoms with Crippen LogP contribution in [0.1, 0.15) is 96.3 Å². The molecule has 1 atom stereocenters. The summed E-state index contributed by atoms with van der Waals surface area (Å²) in [4.78, 5) is 14.9. The van der Waals surface area contributed by atoms with E-state index in [0.717, 1.165) is 43.5 Å². The minimum absolute atomic E-state index is 0.0589. The van der Waals surface area contributed by atoms with Crippen molar-refractivity contribution in [2.24, 2.45) is 11.8 Å². The van der Waals surface area contributed by atoms with Gasteiger partial charge in [0.15, 0.2) is 0 Å². The molecule has 0 radical (unpaired) electrons. The first-order valence-electron chi connectivity index (χ1n) is 12.9. The highest BCUT2D eigenvalue weighted by Gasteiger charge is 2.18. The summed E-state index contributed by atoms with van der Waals surface area (Å²) in [6, 6.07) is 6.36. The first-order valence-corrected chi connectivity index (χ1v) is 12.9. The van der Waals surface area contributed by atoms with Gasteiger partial charge in [0, 0.05) is 18.8 Å². The number of ether oxygens (including phenoxy) is 1. The fraction of sp³-hybridized carbons (Fsp3) is 0.655. The molecule has 1 aromatic rings. The lowest BCUT2D eigenvalue weighted by Gasteiger charge is -2.32. The number of nitrogens with zero attached hydrogens (tertiary/aromatic N) is 2. The summed E-state index contributed by atoms with van der Waals surface area (Å²) in [5, 5.41) is 9.51. The van der Waals surface area contributed by atoms with Crippen molar-refractivity contribution in [2.75, 3.05) is 24.6 Å². The molecule has 184 valence electrons. The van der Waals surface area contributed by atoms with Gasteiger partial charge in [-0.15, -0.1) is 0 Å². The van der Waals surface area contributed by atoms with E-state index in [-0.39, 0.29) is 5.57 Å². The number of unbranched alkanes of at least 4 members (excludes halogenated alkanes) is 2. The predicted octanol–water partition coefficient (Wildman–Crippen LogP) is 7.62. The highest BCUT2D eigenvalue weighted by Crippen LogP contribution is 2.29. The van der Waals surface area contributed by atoms with Gasteiger partial charge in [-0.1, -0.05) is 60.3 Å². The van der Waals surface area contributed by atoms with Crippen molar-refractivity contribution in [2.45, 2.75) is 93.4 Å². The number of carbonyl (C=O) groups is 1. The van der Waals surface area contributed by atoms with Gasteiger partial charge in [-0.25, -0.2) is 4.79 Å². The van der Waals surface area contributed by atoms with Gasteiger partial charge in [0.05, 0.1) is 6.61 Å². The largest absolute Gasteiger partial charge is 0.462 e. The van der Waals surface area contributed by atoms with Gasteiger partial charge in [-0.05, 0) is 79.8 Å². The van der Waals surface area contributed by atoms with Crippen molar-refractivity contribution in [3.8, 4) is 6.07 Å². The van der Waals surface area contributed by atoms with Crippen LogP contribution in [0.4, 0.5) is 5.69 Å². The lowest BCUT2D eigenvalue weighted by Crippen LogP contribution is -2.32. The maximum atomic E-state index is 12.3. The third-order valence-corrected chi connectivity index (χ3v) is 6.29. The van der Waals surface area contributed by atoms with E-state index >= 15 is 0 Å². The quantitative estimate of drug-likeness (QED) is 0.118. The summed E-state index contributed by atoms with van der Waals surface area (Å²) in [6.45, 7) is 17.8. The Bertz CT molecular complexity index is 805. The van der Waals surface area contributed by atoms with Crippen molar-refractivity contribution < 1.29 is 9.53 Å². The summed E-state index contributed by atoms with van der Waals surface area (Å²) >= 11 is 0. The zero-order valence-corrected chi connectivity index (χ0v) is 22.2. The number of benzene rings is 1. The van der Waals surface area contributed by atoms with Gasteiger partial charge < -0.3 is 9.64 Å². The molecular formula is C29H46N2O2. The Labute approximate surface area is 203 Å². The number of carbonyl (C=O) groups excluding carboxylic acids is 1. The monoisotopic (exact) mass is 454 g/mol. The van der Waals surface area contributed by atoms with Crippen molar-refractivity contribution in [3.63, 3.8) is 0 Å². The molecule has 0 heterocycles. The van der Waals surface area contributed by atoms with Gasteiger partial charge in [0.25, 0.3) is 0 Å². The molecule has 0 saturated heterocycles. The van der Waals surface area contributed by atoms with Crippen LogP contribution >= 0.6 is 0 Å². The summed E-state index contributed by atoms with van der Waals surface area (Å²) in [6.07, 6.45) is 9.58. The first kappa shape index (κ1) is 28.8. The molecule has 0 spiro atoms. The molecule has 0 aliphatic rings. The lowest BCUT2D eigenvalue weighted by molar-refractivity contribution is -0.138. The van der Waals surface area contributed by atoms with Crippen LogP contribution < -0.4 is 4.90 Å². The minimum atomic E-state index is -0.535. The normalized spacial score (nSPS) is 12.5. The molecule has 0 aromatic heterocycles. The fourth-order valence-electron chi connectivity index (χ4n) is 3.95. The average Bonchev–Trinajstić information content (AvgIpc) is 2.79. The Morgan fingerprint density at radius 2 is 1.79 bits per heavy atom. The second kappa shape index (κ2) is 15.5. The number of hydrogen-bond donors (Lipinski definition) is 0. The van der Waals surface area contributed by atoms with E-state index in [4.69, 9.17) is 4.74 Å². The number of esters is 1. The Kier molecular flexibility index (Phi) is 13.5. The smallest absolute Gasteiger partial charge is 0.348 e. The average molecular weight is 455 g/mol. The van der Waals surface area contributed by atoms with Gasteiger partial charge >= 0.3 is 5.97 Å². The molecular weight excluding hydrogens is 408 g/mol.